The average molecular weight is 432 g/mol. The molecule has 0 bridgehead atoms. The number of nitrogens with zero attached hydrogens (tertiary/aromatic N) is 2. The van der Waals surface area contributed by atoms with Crippen molar-refractivity contribution in [1.82, 2.24) is 15.2 Å². The van der Waals surface area contributed by atoms with Crippen LogP contribution in [0.3, 0.4) is 0 Å². The Balaban J connectivity index is 1.31. The monoisotopic (exact) mass is 431 g/mol. The van der Waals surface area contributed by atoms with Gasteiger partial charge in [0.25, 0.3) is 11.8 Å². The molecule has 160 valence electrons. The molecule has 0 radical (unpaired) electrons. The van der Waals surface area contributed by atoms with E-state index in [4.69, 9.17) is 20.8 Å². The summed E-state index contributed by atoms with van der Waals surface area (Å²) in [5.41, 5.74) is 1.14. The van der Waals surface area contributed by atoms with Crippen LogP contribution in [0.1, 0.15) is 65.1 Å². The van der Waals surface area contributed by atoms with Gasteiger partial charge in [0.2, 0.25) is 5.76 Å². The number of carbonyl (C=O) groups excluding carboxylic acids is 2. The van der Waals surface area contributed by atoms with Crippen LogP contribution in [0.4, 0.5) is 0 Å². The van der Waals surface area contributed by atoms with Crippen LogP contribution < -0.4 is 10.1 Å². The predicted molar refractivity (Wildman–Crippen MR) is 112 cm³/mol. The number of oxazole rings is 1. The fraction of sp³-hybridized carbons (Fsp3) is 0.500. The minimum atomic E-state index is -0.140. The fourth-order valence-corrected chi connectivity index (χ4v) is 4.31. The van der Waals surface area contributed by atoms with Crippen molar-refractivity contribution in [2.24, 2.45) is 0 Å². The molecular formula is C22H26ClN3O4. The van der Waals surface area contributed by atoms with E-state index in [1.54, 1.807) is 30.0 Å². The molecule has 0 spiro atoms. The van der Waals surface area contributed by atoms with E-state index in [1.165, 1.54) is 19.2 Å². The zero-order valence-corrected chi connectivity index (χ0v) is 17.8. The third-order valence-corrected chi connectivity index (χ3v) is 6.14. The lowest BCUT2D eigenvalue weighted by Crippen LogP contribution is -2.41. The number of aromatic nitrogens is 1. The second kappa shape index (κ2) is 9.08. The lowest BCUT2D eigenvalue weighted by molar-refractivity contribution is 0.0566. The number of hydrogen-bond donors (Lipinski definition) is 1. The van der Waals surface area contributed by atoms with Crippen molar-refractivity contribution >= 4 is 23.4 Å². The van der Waals surface area contributed by atoms with Crippen molar-refractivity contribution in [3.63, 3.8) is 0 Å². The summed E-state index contributed by atoms with van der Waals surface area (Å²) in [5.74, 6) is 0.623. The molecule has 1 N–H and O–H groups in total. The quantitative estimate of drug-likeness (QED) is 0.773. The van der Waals surface area contributed by atoms with E-state index in [-0.39, 0.29) is 24.0 Å². The normalized spacial score (nSPS) is 17.9. The van der Waals surface area contributed by atoms with Gasteiger partial charge in [-0.2, -0.15) is 0 Å². The van der Waals surface area contributed by atoms with Crippen LogP contribution in [0, 0.1) is 6.92 Å². The maximum Gasteiger partial charge on any atom is 0.291 e. The Bertz CT molecular complexity index is 915. The molecule has 8 heteroatoms. The van der Waals surface area contributed by atoms with Gasteiger partial charge in [0.15, 0.2) is 6.39 Å². The number of ether oxygens (including phenoxy) is 1. The van der Waals surface area contributed by atoms with Crippen LogP contribution in [-0.4, -0.2) is 46.9 Å². The summed E-state index contributed by atoms with van der Waals surface area (Å²) in [6.45, 7) is 2.90. The molecule has 2 fully saturated rings. The highest BCUT2D eigenvalue weighted by molar-refractivity contribution is 6.32. The van der Waals surface area contributed by atoms with Gasteiger partial charge in [0.1, 0.15) is 11.9 Å². The number of rotatable bonds is 5. The van der Waals surface area contributed by atoms with E-state index in [2.05, 4.69) is 10.3 Å². The Morgan fingerprint density at radius 1 is 1.20 bits per heavy atom. The minimum Gasteiger partial charge on any atom is -0.489 e. The van der Waals surface area contributed by atoms with Crippen LogP contribution in [0.25, 0.3) is 0 Å². The highest BCUT2D eigenvalue weighted by Gasteiger charge is 2.28. The Labute approximate surface area is 180 Å². The van der Waals surface area contributed by atoms with E-state index in [9.17, 15) is 9.59 Å². The summed E-state index contributed by atoms with van der Waals surface area (Å²) in [4.78, 5) is 30.7. The topological polar surface area (TPSA) is 84.7 Å². The van der Waals surface area contributed by atoms with E-state index >= 15 is 0 Å². The molecule has 30 heavy (non-hydrogen) atoms. The van der Waals surface area contributed by atoms with Crippen LogP contribution in [-0.2, 0) is 0 Å². The highest BCUT2D eigenvalue weighted by Crippen LogP contribution is 2.29. The number of aryl methyl sites for hydroxylation is 1. The van der Waals surface area contributed by atoms with Gasteiger partial charge in [0, 0.05) is 37.5 Å². The summed E-state index contributed by atoms with van der Waals surface area (Å²) < 4.78 is 11.3. The molecule has 2 aliphatic rings. The second-order valence-corrected chi connectivity index (χ2v) is 8.38. The molecule has 2 amide bonds. The number of carbonyl (C=O) groups is 2. The molecule has 4 rings (SSSR count). The zero-order valence-electron chi connectivity index (χ0n) is 17.0. The first-order valence-corrected chi connectivity index (χ1v) is 10.9. The fourth-order valence-electron chi connectivity index (χ4n) is 4.08. The van der Waals surface area contributed by atoms with E-state index in [0.717, 1.165) is 12.8 Å². The summed E-state index contributed by atoms with van der Waals surface area (Å²) in [7, 11) is 0. The minimum absolute atomic E-state index is 0.0412. The summed E-state index contributed by atoms with van der Waals surface area (Å²) >= 11 is 6.38. The van der Waals surface area contributed by atoms with Gasteiger partial charge in [-0.15, -0.1) is 0 Å². The molecule has 0 atom stereocenters. The molecule has 7 nitrogen and oxygen atoms in total. The Kier molecular flexibility index (Phi) is 6.27. The van der Waals surface area contributed by atoms with Crippen molar-refractivity contribution < 1.29 is 18.7 Å². The third kappa shape index (κ3) is 4.61. The Morgan fingerprint density at radius 2 is 1.93 bits per heavy atom. The molecule has 1 aliphatic carbocycles. The summed E-state index contributed by atoms with van der Waals surface area (Å²) in [5, 5.41) is 3.49. The molecule has 1 aliphatic heterocycles. The van der Waals surface area contributed by atoms with Crippen molar-refractivity contribution in [2.75, 3.05) is 13.1 Å². The van der Waals surface area contributed by atoms with Crippen molar-refractivity contribution in [2.45, 2.75) is 57.6 Å². The largest absolute Gasteiger partial charge is 0.489 e. The predicted octanol–water partition coefficient (Wildman–Crippen LogP) is 3.99. The van der Waals surface area contributed by atoms with Gasteiger partial charge >= 0.3 is 0 Å². The smallest absolute Gasteiger partial charge is 0.291 e. The van der Waals surface area contributed by atoms with E-state index < -0.39 is 0 Å². The molecule has 2 heterocycles. The maximum atomic E-state index is 12.5. The first-order valence-electron chi connectivity index (χ1n) is 10.5. The number of amides is 2. The van der Waals surface area contributed by atoms with Crippen molar-refractivity contribution in [3.8, 4) is 5.75 Å². The number of benzene rings is 1. The van der Waals surface area contributed by atoms with Gasteiger partial charge in [-0.3, -0.25) is 9.59 Å². The highest BCUT2D eigenvalue weighted by atomic mass is 35.5. The van der Waals surface area contributed by atoms with Gasteiger partial charge in [-0.1, -0.05) is 24.4 Å². The molecular weight excluding hydrogens is 406 g/mol. The molecule has 2 aromatic rings. The van der Waals surface area contributed by atoms with Crippen LogP contribution in [0.15, 0.2) is 29.0 Å². The zero-order chi connectivity index (χ0) is 21.1. The number of piperidine rings is 1. The van der Waals surface area contributed by atoms with Gasteiger partial charge in [0.05, 0.1) is 10.7 Å². The van der Waals surface area contributed by atoms with Gasteiger partial charge in [-0.25, -0.2) is 4.98 Å². The van der Waals surface area contributed by atoms with E-state index in [1.807, 2.05) is 0 Å². The molecule has 0 unspecified atom stereocenters. The number of nitrogens with one attached hydrogen (secondary N) is 1. The first kappa shape index (κ1) is 20.7. The SMILES string of the molecule is Cc1ncoc1C(=O)N1CCC(Oc2ccc(C(=O)NC3CCCC3)cc2Cl)CC1. The summed E-state index contributed by atoms with van der Waals surface area (Å²) in [6.07, 6.45) is 7.05. The first-order chi connectivity index (χ1) is 14.5. The van der Waals surface area contributed by atoms with Crippen LogP contribution in [0.2, 0.25) is 5.02 Å². The van der Waals surface area contributed by atoms with Crippen molar-refractivity contribution in [3.05, 3.63) is 46.6 Å². The molecule has 1 aromatic carbocycles. The lowest BCUT2D eigenvalue weighted by atomic mass is 10.1. The van der Waals surface area contributed by atoms with E-state index in [0.29, 0.717) is 53.7 Å². The van der Waals surface area contributed by atoms with Gasteiger partial charge < -0.3 is 19.4 Å². The molecule has 1 saturated carbocycles. The lowest BCUT2D eigenvalue weighted by Gasteiger charge is -2.32. The standard InChI is InChI=1S/C22H26ClN3O4/c1-14-20(29-13-24-14)22(28)26-10-8-17(9-11-26)30-19-7-6-15(12-18(19)23)21(27)25-16-4-2-3-5-16/h6-7,12-13,16-17H,2-5,8-11H2,1H3,(H,25,27). The third-order valence-electron chi connectivity index (χ3n) is 5.85. The molecule has 1 saturated heterocycles. The Hall–Kier alpha value is -2.54. The number of hydrogen-bond acceptors (Lipinski definition) is 5. The Morgan fingerprint density at radius 3 is 2.57 bits per heavy atom. The second-order valence-electron chi connectivity index (χ2n) is 7.98. The average Bonchev–Trinajstić information content (AvgIpc) is 3.41. The van der Waals surface area contributed by atoms with Crippen LogP contribution in [0.5, 0.6) is 5.75 Å². The van der Waals surface area contributed by atoms with Gasteiger partial charge in [-0.05, 0) is 38.0 Å². The number of halogens is 1. The molecule has 1 aromatic heterocycles. The summed E-state index contributed by atoms with van der Waals surface area (Å²) in [6, 6.07) is 5.42. The number of likely N-dealkylation sites (tertiary alicyclic amines) is 1. The van der Waals surface area contributed by atoms with Crippen molar-refractivity contribution in [1.29, 1.82) is 0 Å². The maximum absolute atomic E-state index is 12.5. The van der Waals surface area contributed by atoms with Crippen LogP contribution >= 0.6 is 11.6 Å².